The van der Waals surface area contributed by atoms with Crippen LogP contribution < -0.4 is 5.32 Å². The van der Waals surface area contributed by atoms with Gasteiger partial charge in [0.15, 0.2) is 4.67 Å². The molecule has 0 fully saturated rings. The predicted molar refractivity (Wildman–Crippen MR) is 67.8 cm³/mol. The fourth-order valence-corrected chi connectivity index (χ4v) is 2.05. The number of carbonyl (C=O) groups is 1. The van der Waals surface area contributed by atoms with Gasteiger partial charge in [-0.2, -0.15) is 0 Å². The first-order valence-electron chi connectivity index (χ1n) is 5.16. The van der Waals surface area contributed by atoms with Crippen molar-refractivity contribution in [3.63, 3.8) is 0 Å². The van der Waals surface area contributed by atoms with Crippen molar-refractivity contribution in [2.45, 2.75) is 26.3 Å². The molecule has 0 spiro atoms. The van der Waals surface area contributed by atoms with E-state index < -0.39 is 0 Å². The second-order valence-corrected chi connectivity index (χ2v) is 5.01. The summed E-state index contributed by atoms with van der Waals surface area (Å²) in [5, 5.41) is 2.95. The van der Waals surface area contributed by atoms with Crippen molar-refractivity contribution in [2.24, 2.45) is 5.92 Å². The third kappa shape index (κ3) is 3.52. The minimum Gasteiger partial charge on any atom is -0.457 e. The lowest BCUT2D eigenvalue weighted by atomic mass is 10.0. The highest BCUT2D eigenvalue weighted by Crippen LogP contribution is 2.18. The van der Waals surface area contributed by atoms with Crippen LogP contribution in [0.4, 0.5) is 0 Å². The summed E-state index contributed by atoms with van der Waals surface area (Å²) >= 11 is 8.88. The van der Waals surface area contributed by atoms with E-state index in [-0.39, 0.29) is 11.9 Å². The molecule has 5 heteroatoms. The minimum absolute atomic E-state index is 0.0896. The Kier molecular flexibility index (Phi) is 5.35. The molecule has 1 unspecified atom stereocenters. The Bertz CT molecular complexity index is 352. The molecule has 1 aromatic rings. The molecule has 0 bridgehead atoms. The highest BCUT2D eigenvalue weighted by Gasteiger charge is 2.19. The molecule has 0 radical (unpaired) electrons. The van der Waals surface area contributed by atoms with E-state index in [1.165, 1.54) is 6.26 Å². The van der Waals surface area contributed by atoms with Gasteiger partial charge in [0, 0.05) is 11.9 Å². The van der Waals surface area contributed by atoms with Gasteiger partial charge in [0.2, 0.25) is 0 Å². The van der Waals surface area contributed by atoms with E-state index in [1.54, 1.807) is 6.07 Å². The van der Waals surface area contributed by atoms with Gasteiger partial charge in [0.05, 0.1) is 11.8 Å². The molecule has 1 aromatic heterocycles. The molecule has 1 rings (SSSR count). The normalized spacial score (nSPS) is 12.8. The SMILES string of the molecule is CC(C)C(CCCl)NC(=O)c1ccoc1Br. The minimum atomic E-state index is -0.135. The van der Waals surface area contributed by atoms with E-state index in [1.807, 2.05) is 0 Å². The van der Waals surface area contributed by atoms with E-state index in [4.69, 9.17) is 16.0 Å². The van der Waals surface area contributed by atoms with E-state index in [0.717, 1.165) is 6.42 Å². The van der Waals surface area contributed by atoms with Crippen molar-refractivity contribution < 1.29 is 9.21 Å². The molecule has 1 atom stereocenters. The number of alkyl halides is 1. The maximum atomic E-state index is 11.9. The van der Waals surface area contributed by atoms with Crippen LogP contribution >= 0.6 is 27.5 Å². The second kappa shape index (κ2) is 6.30. The Balaban J connectivity index is 2.65. The van der Waals surface area contributed by atoms with Gasteiger partial charge in [-0.05, 0) is 34.3 Å². The average Bonchev–Trinajstić information content (AvgIpc) is 2.63. The van der Waals surface area contributed by atoms with Crippen LogP contribution in [0.2, 0.25) is 0 Å². The van der Waals surface area contributed by atoms with E-state index in [2.05, 4.69) is 35.1 Å². The van der Waals surface area contributed by atoms with Gasteiger partial charge in [-0.15, -0.1) is 11.6 Å². The van der Waals surface area contributed by atoms with E-state index in [9.17, 15) is 4.79 Å². The van der Waals surface area contributed by atoms with Gasteiger partial charge in [-0.25, -0.2) is 0 Å². The van der Waals surface area contributed by atoms with Crippen molar-refractivity contribution in [3.8, 4) is 0 Å². The van der Waals surface area contributed by atoms with Gasteiger partial charge in [-0.3, -0.25) is 4.79 Å². The number of amides is 1. The molecule has 3 nitrogen and oxygen atoms in total. The first kappa shape index (κ1) is 13.6. The predicted octanol–water partition coefficient (Wildman–Crippen LogP) is 3.43. The smallest absolute Gasteiger partial charge is 0.255 e. The number of hydrogen-bond acceptors (Lipinski definition) is 2. The van der Waals surface area contributed by atoms with Gasteiger partial charge in [-0.1, -0.05) is 13.8 Å². The number of carbonyl (C=O) groups excluding carboxylic acids is 1. The number of nitrogens with one attached hydrogen (secondary N) is 1. The van der Waals surface area contributed by atoms with Gasteiger partial charge >= 0.3 is 0 Å². The first-order chi connectivity index (χ1) is 7.56. The summed E-state index contributed by atoms with van der Waals surface area (Å²) in [6.07, 6.45) is 2.24. The lowest BCUT2D eigenvalue weighted by molar-refractivity contribution is 0.0923. The monoisotopic (exact) mass is 307 g/mol. The zero-order valence-electron chi connectivity index (χ0n) is 9.30. The summed E-state index contributed by atoms with van der Waals surface area (Å²) in [5.74, 6) is 0.758. The Morgan fingerprint density at radius 2 is 2.31 bits per heavy atom. The summed E-state index contributed by atoms with van der Waals surface area (Å²) < 4.78 is 5.47. The standard InChI is InChI=1S/C11H15BrClNO2/c1-7(2)9(3-5-13)14-11(15)8-4-6-16-10(8)12/h4,6-7,9H,3,5H2,1-2H3,(H,14,15). The highest BCUT2D eigenvalue weighted by atomic mass is 79.9. The quantitative estimate of drug-likeness (QED) is 0.847. The Morgan fingerprint density at radius 3 is 2.75 bits per heavy atom. The molecule has 1 heterocycles. The lowest BCUT2D eigenvalue weighted by Gasteiger charge is -2.21. The van der Waals surface area contributed by atoms with E-state index >= 15 is 0 Å². The van der Waals surface area contributed by atoms with Crippen molar-refractivity contribution in [1.82, 2.24) is 5.32 Å². The number of hydrogen-bond donors (Lipinski definition) is 1. The zero-order valence-corrected chi connectivity index (χ0v) is 11.6. The molecule has 0 aliphatic rings. The Morgan fingerprint density at radius 1 is 1.62 bits per heavy atom. The molecule has 0 aromatic carbocycles. The Hall–Kier alpha value is -0.480. The van der Waals surface area contributed by atoms with Crippen LogP contribution in [0, 0.1) is 5.92 Å². The highest BCUT2D eigenvalue weighted by molar-refractivity contribution is 9.10. The first-order valence-corrected chi connectivity index (χ1v) is 6.48. The summed E-state index contributed by atoms with van der Waals surface area (Å²) in [6.45, 7) is 4.11. The van der Waals surface area contributed by atoms with Crippen molar-refractivity contribution >= 4 is 33.4 Å². The molecule has 90 valence electrons. The summed E-state index contributed by atoms with van der Waals surface area (Å²) in [4.78, 5) is 11.9. The molecule has 0 aliphatic carbocycles. The van der Waals surface area contributed by atoms with Gasteiger partial charge < -0.3 is 9.73 Å². The number of halogens is 2. The van der Waals surface area contributed by atoms with Crippen molar-refractivity contribution in [1.29, 1.82) is 0 Å². The molecule has 0 aliphatic heterocycles. The van der Waals surface area contributed by atoms with Crippen molar-refractivity contribution in [2.75, 3.05) is 5.88 Å². The Labute approximate surface area is 109 Å². The van der Waals surface area contributed by atoms with Gasteiger partial charge in [0.25, 0.3) is 5.91 Å². The van der Waals surface area contributed by atoms with Crippen LogP contribution in [0.1, 0.15) is 30.6 Å². The van der Waals surface area contributed by atoms with Crippen LogP contribution in [-0.2, 0) is 0 Å². The molecule has 1 N–H and O–H groups in total. The van der Waals surface area contributed by atoms with E-state index in [0.29, 0.717) is 22.0 Å². The average molecular weight is 309 g/mol. The molecular weight excluding hydrogens is 293 g/mol. The van der Waals surface area contributed by atoms with Crippen LogP contribution in [0.5, 0.6) is 0 Å². The van der Waals surface area contributed by atoms with Crippen LogP contribution in [-0.4, -0.2) is 17.8 Å². The topological polar surface area (TPSA) is 42.2 Å². The lowest BCUT2D eigenvalue weighted by Crippen LogP contribution is -2.38. The summed E-state index contributed by atoms with van der Waals surface area (Å²) in [5.41, 5.74) is 0.514. The fraction of sp³-hybridized carbons (Fsp3) is 0.545. The van der Waals surface area contributed by atoms with Crippen LogP contribution in [0.15, 0.2) is 21.4 Å². The van der Waals surface area contributed by atoms with Crippen LogP contribution in [0.25, 0.3) is 0 Å². The molecular formula is C11H15BrClNO2. The summed E-state index contributed by atoms with van der Waals surface area (Å²) in [6, 6.07) is 1.73. The number of furan rings is 1. The molecule has 0 saturated carbocycles. The molecule has 0 saturated heterocycles. The zero-order chi connectivity index (χ0) is 12.1. The second-order valence-electron chi connectivity index (χ2n) is 3.91. The number of rotatable bonds is 5. The third-order valence-corrected chi connectivity index (χ3v) is 3.24. The van der Waals surface area contributed by atoms with Crippen molar-refractivity contribution in [3.05, 3.63) is 22.6 Å². The summed E-state index contributed by atoms with van der Waals surface area (Å²) in [7, 11) is 0. The third-order valence-electron chi connectivity index (χ3n) is 2.40. The molecule has 16 heavy (non-hydrogen) atoms. The maximum absolute atomic E-state index is 11.9. The maximum Gasteiger partial charge on any atom is 0.255 e. The largest absolute Gasteiger partial charge is 0.457 e. The van der Waals surface area contributed by atoms with Gasteiger partial charge in [0.1, 0.15) is 0 Å². The fourth-order valence-electron chi connectivity index (χ4n) is 1.39. The van der Waals surface area contributed by atoms with Crippen LogP contribution in [0.3, 0.4) is 0 Å². The molecule has 1 amide bonds.